The number of benzene rings is 1. The fourth-order valence-corrected chi connectivity index (χ4v) is 4.06. The van der Waals surface area contributed by atoms with Crippen molar-refractivity contribution in [1.82, 2.24) is 10.2 Å². The van der Waals surface area contributed by atoms with E-state index in [1.165, 1.54) is 28.4 Å². The molecule has 2 heterocycles. The highest BCUT2D eigenvalue weighted by atomic mass is 32.1. The molecule has 2 amide bonds. The van der Waals surface area contributed by atoms with E-state index in [1.807, 2.05) is 0 Å². The van der Waals surface area contributed by atoms with Crippen LogP contribution in [-0.2, 0) is 9.59 Å². The van der Waals surface area contributed by atoms with E-state index in [4.69, 9.17) is 0 Å². The van der Waals surface area contributed by atoms with Gasteiger partial charge in [0.05, 0.1) is 5.92 Å². The average Bonchev–Trinajstić information content (AvgIpc) is 3.24. The third kappa shape index (κ3) is 3.90. The molecule has 1 unspecified atom stereocenters. The smallest absolute Gasteiger partial charge is 0.231 e. The van der Waals surface area contributed by atoms with Crippen molar-refractivity contribution in [3.05, 3.63) is 35.1 Å². The van der Waals surface area contributed by atoms with Crippen LogP contribution in [0.2, 0.25) is 0 Å². The first-order valence-corrected chi connectivity index (χ1v) is 9.53. The molecule has 138 valence electrons. The molecule has 2 aromatic rings. The molecule has 1 N–H and O–H groups in total. The van der Waals surface area contributed by atoms with Gasteiger partial charge in [0.1, 0.15) is 10.8 Å². The van der Waals surface area contributed by atoms with Crippen molar-refractivity contribution in [1.29, 1.82) is 0 Å². The lowest BCUT2D eigenvalue weighted by Crippen LogP contribution is -2.28. The zero-order valence-corrected chi connectivity index (χ0v) is 15.6. The quantitative estimate of drug-likeness (QED) is 0.836. The Labute approximate surface area is 155 Å². The number of carbonyl (C=O) groups excluding carboxylic acids is 2. The molecule has 1 atom stereocenters. The van der Waals surface area contributed by atoms with Crippen LogP contribution in [0, 0.1) is 11.7 Å². The van der Waals surface area contributed by atoms with Crippen molar-refractivity contribution in [2.75, 3.05) is 16.8 Å². The van der Waals surface area contributed by atoms with Crippen LogP contribution >= 0.6 is 11.3 Å². The summed E-state index contributed by atoms with van der Waals surface area (Å²) in [6.07, 6.45) is 2.08. The summed E-state index contributed by atoms with van der Waals surface area (Å²) in [5.74, 6) is -0.866. The fourth-order valence-electron chi connectivity index (χ4n) is 3.05. The van der Waals surface area contributed by atoms with Crippen molar-refractivity contribution in [2.24, 2.45) is 5.92 Å². The van der Waals surface area contributed by atoms with Gasteiger partial charge in [0.15, 0.2) is 0 Å². The number of rotatable bonds is 6. The van der Waals surface area contributed by atoms with Crippen LogP contribution in [0.3, 0.4) is 0 Å². The van der Waals surface area contributed by atoms with E-state index < -0.39 is 5.92 Å². The van der Waals surface area contributed by atoms with Crippen molar-refractivity contribution >= 4 is 34.0 Å². The number of carbonyl (C=O) groups is 2. The van der Waals surface area contributed by atoms with E-state index >= 15 is 0 Å². The Balaban J connectivity index is 1.64. The van der Waals surface area contributed by atoms with E-state index in [2.05, 4.69) is 29.4 Å². The first kappa shape index (κ1) is 18.4. The summed E-state index contributed by atoms with van der Waals surface area (Å²) in [6.45, 7) is 4.47. The molecule has 1 aliphatic rings. The highest BCUT2D eigenvalue weighted by Gasteiger charge is 2.35. The van der Waals surface area contributed by atoms with E-state index in [0.717, 1.165) is 17.8 Å². The Morgan fingerprint density at radius 3 is 2.65 bits per heavy atom. The molecule has 0 aliphatic carbocycles. The SMILES string of the molecule is CCC(CC)c1nnc(NC(=O)C2CC(=O)N(c3ccc(F)cc3)C2)s1. The van der Waals surface area contributed by atoms with E-state index in [1.54, 1.807) is 12.1 Å². The van der Waals surface area contributed by atoms with Crippen molar-refractivity contribution in [3.63, 3.8) is 0 Å². The van der Waals surface area contributed by atoms with Crippen LogP contribution in [0.1, 0.15) is 44.0 Å². The predicted molar refractivity (Wildman–Crippen MR) is 98.7 cm³/mol. The highest BCUT2D eigenvalue weighted by molar-refractivity contribution is 7.15. The number of nitrogens with one attached hydrogen (secondary N) is 1. The lowest BCUT2D eigenvalue weighted by molar-refractivity contribution is -0.122. The van der Waals surface area contributed by atoms with Crippen LogP contribution in [0.25, 0.3) is 0 Å². The number of halogens is 1. The Morgan fingerprint density at radius 1 is 1.31 bits per heavy atom. The molecule has 0 radical (unpaired) electrons. The van der Waals surface area contributed by atoms with Gasteiger partial charge >= 0.3 is 0 Å². The zero-order chi connectivity index (χ0) is 18.7. The van der Waals surface area contributed by atoms with Gasteiger partial charge in [-0.05, 0) is 37.1 Å². The summed E-state index contributed by atoms with van der Waals surface area (Å²) in [5, 5.41) is 12.4. The van der Waals surface area contributed by atoms with Crippen molar-refractivity contribution in [3.8, 4) is 0 Å². The molecule has 3 rings (SSSR count). The lowest BCUT2D eigenvalue weighted by atomic mass is 10.1. The van der Waals surface area contributed by atoms with Gasteiger partial charge in [-0.3, -0.25) is 9.59 Å². The van der Waals surface area contributed by atoms with E-state index in [-0.39, 0.29) is 30.6 Å². The number of hydrogen-bond acceptors (Lipinski definition) is 5. The second kappa shape index (κ2) is 7.90. The van der Waals surface area contributed by atoms with E-state index in [9.17, 15) is 14.0 Å². The van der Waals surface area contributed by atoms with Gasteiger partial charge in [0, 0.05) is 24.6 Å². The monoisotopic (exact) mass is 376 g/mol. The maximum Gasteiger partial charge on any atom is 0.231 e. The molecule has 0 bridgehead atoms. The van der Waals surface area contributed by atoms with Crippen LogP contribution < -0.4 is 10.2 Å². The second-order valence-electron chi connectivity index (χ2n) is 6.33. The molecule has 0 spiro atoms. The molecular formula is C18H21FN4O2S. The minimum Gasteiger partial charge on any atom is -0.312 e. The van der Waals surface area contributed by atoms with Gasteiger partial charge in [0.2, 0.25) is 16.9 Å². The van der Waals surface area contributed by atoms with Gasteiger partial charge in [0.25, 0.3) is 0 Å². The zero-order valence-electron chi connectivity index (χ0n) is 14.7. The van der Waals surface area contributed by atoms with Crippen molar-refractivity contribution < 1.29 is 14.0 Å². The minimum atomic E-state index is -0.465. The Hall–Kier alpha value is -2.35. The standard InChI is InChI=1S/C18H21FN4O2S/c1-3-11(4-2)17-21-22-18(26-17)20-16(25)12-9-15(24)23(10-12)14-7-5-13(19)6-8-14/h5-8,11-12H,3-4,9-10H2,1-2H3,(H,20,22,25). The summed E-state index contributed by atoms with van der Waals surface area (Å²) in [4.78, 5) is 26.2. The highest BCUT2D eigenvalue weighted by Crippen LogP contribution is 2.30. The largest absolute Gasteiger partial charge is 0.312 e. The lowest BCUT2D eigenvalue weighted by Gasteiger charge is -2.16. The van der Waals surface area contributed by atoms with Gasteiger partial charge in [-0.25, -0.2) is 4.39 Å². The molecule has 1 fully saturated rings. The molecule has 26 heavy (non-hydrogen) atoms. The molecule has 0 saturated carbocycles. The van der Waals surface area contributed by atoms with Gasteiger partial charge in [-0.2, -0.15) is 0 Å². The number of amides is 2. The van der Waals surface area contributed by atoms with Crippen molar-refractivity contribution in [2.45, 2.75) is 39.0 Å². The Morgan fingerprint density at radius 2 is 2.00 bits per heavy atom. The third-order valence-corrected chi connectivity index (χ3v) is 5.64. The number of hydrogen-bond donors (Lipinski definition) is 1. The first-order chi connectivity index (χ1) is 12.5. The van der Waals surface area contributed by atoms with Gasteiger partial charge < -0.3 is 10.2 Å². The van der Waals surface area contributed by atoms with Crippen LogP contribution in [0.4, 0.5) is 15.2 Å². The Bertz CT molecular complexity index is 789. The Kier molecular flexibility index (Phi) is 5.61. The van der Waals surface area contributed by atoms with Crippen LogP contribution in [0.5, 0.6) is 0 Å². The molecule has 6 nitrogen and oxygen atoms in total. The first-order valence-electron chi connectivity index (χ1n) is 8.72. The molecule has 1 aliphatic heterocycles. The second-order valence-corrected chi connectivity index (χ2v) is 7.34. The van der Waals surface area contributed by atoms with Crippen LogP contribution in [0.15, 0.2) is 24.3 Å². The third-order valence-electron chi connectivity index (χ3n) is 4.64. The summed E-state index contributed by atoms with van der Waals surface area (Å²) in [7, 11) is 0. The normalized spacial score (nSPS) is 17.2. The number of aromatic nitrogens is 2. The molecular weight excluding hydrogens is 355 g/mol. The van der Waals surface area contributed by atoms with Gasteiger partial charge in [-0.15, -0.1) is 10.2 Å². The molecule has 8 heteroatoms. The maximum absolute atomic E-state index is 13.0. The van der Waals surface area contributed by atoms with Gasteiger partial charge in [-0.1, -0.05) is 25.2 Å². The summed E-state index contributed by atoms with van der Waals surface area (Å²) >= 11 is 1.38. The topological polar surface area (TPSA) is 75.2 Å². The maximum atomic E-state index is 13.0. The summed E-state index contributed by atoms with van der Waals surface area (Å²) < 4.78 is 13.0. The fraction of sp³-hybridized carbons (Fsp3) is 0.444. The number of anilines is 2. The molecule has 1 aromatic carbocycles. The minimum absolute atomic E-state index is 0.126. The summed E-state index contributed by atoms with van der Waals surface area (Å²) in [5.41, 5.74) is 0.596. The summed E-state index contributed by atoms with van der Waals surface area (Å²) in [6, 6.07) is 5.69. The average molecular weight is 376 g/mol. The number of nitrogens with zero attached hydrogens (tertiary/aromatic N) is 3. The van der Waals surface area contributed by atoms with E-state index in [0.29, 0.717) is 16.7 Å². The van der Waals surface area contributed by atoms with Crippen LogP contribution in [-0.4, -0.2) is 28.6 Å². The predicted octanol–water partition coefficient (Wildman–Crippen LogP) is 3.57. The molecule has 1 aromatic heterocycles. The molecule has 1 saturated heterocycles.